The van der Waals surface area contributed by atoms with Crippen molar-refractivity contribution >= 4 is 60.5 Å². The Morgan fingerprint density at radius 3 is 2.04 bits per heavy atom. The van der Waals surface area contributed by atoms with Crippen LogP contribution in [0.2, 0.25) is 0 Å². The molecule has 0 saturated carbocycles. The Bertz CT molecular complexity index is 2730. The van der Waals surface area contributed by atoms with E-state index in [9.17, 15) is 0 Å². The summed E-state index contributed by atoms with van der Waals surface area (Å²) in [5.74, 6) is 0. The minimum Gasteiger partial charge on any atom is -0.456 e. The molecule has 0 amide bonds. The zero-order chi connectivity index (χ0) is 32.7. The molecule has 0 N–H and O–H groups in total. The van der Waals surface area contributed by atoms with Crippen molar-refractivity contribution in [1.29, 1.82) is 0 Å². The van der Waals surface area contributed by atoms with Crippen LogP contribution >= 0.6 is 0 Å². The Hall–Kier alpha value is -6.12. The maximum absolute atomic E-state index is 6.42. The van der Waals surface area contributed by atoms with Crippen molar-refractivity contribution in [2.24, 2.45) is 0 Å². The summed E-state index contributed by atoms with van der Waals surface area (Å²) < 4.78 is 6.42. The summed E-state index contributed by atoms with van der Waals surface area (Å²) in [6.45, 7) is 4.70. The highest BCUT2D eigenvalue weighted by atomic mass is 16.3. The van der Waals surface area contributed by atoms with Crippen molar-refractivity contribution in [1.82, 2.24) is 0 Å². The lowest BCUT2D eigenvalue weighted by Gasteiger charge is -2.29. The molecule has 1 aliphatic rings. The number of fused-ring (bicyclic) bond motifs is 9. The average Bonchev–Trinajstić information content (AvgIpc) is 3.62. The van der Waals surface area contributed by atoms with Gasteiger partial charge >= 0.3 is 0 Å². The van der Waals surface area contributed by atoms with Crippen LogP contribution in [0, 0.1) is 0 Å². The van der Waals surface area contributed by atoms with E-state index >= 15 is 0 Å². The first-order chi connectivity index (χ1) is 24.0. The Balaban J connectivity index is 1.23. The molecule has 1 aliphatic carbocycles. The fourth-order valence-corrected chi connectivity index (χ4v) is 8.19. The monoisotopic (exact) mass is 627 g/mol. The molecule has 2 heteroatoms. The molecule has 232 valence electrons. The standard InChI is InChI=1S/C47H33NO/c1-47(2)41-16-8-6-14-36(41)37-26-25-35(28-42(37)47)48(34-23-21-31(22-24-34)30-11-4-3-5-12-30)43-17-10-13-32-19-20-33-27-40-38-15-7-9-18-44(38)49-45(40)29-39(33)46(32)43/h3-29H,1-2H3. The van der Waals surface area contributed by atoms with Gasteiger partial charge in [0, 0.05) is 32.9 Å². The molecule has 49 heavy (non-hydrogen) atoms. The molecule has 1 aromatic heterocycles. The van der Waals surface area contributed by atoms with E-state index in [1.807, 2.05) is 6.07 Å². The van der Waals surface area contributed by atoms with E-state index in [0.29, 0.717) is 0 Å². The van der Waals surface area contributed by atoms with E-state index in [4.69, 9.17) is 4.42 Å². The largest absolute Gasteiger partial charge is 0.456 e. The molecule has 10 rings (SSSR count). The predicted molar refractivity (Wildman–Crippen MR) is 206 cm³/mol. The number of rotatable bonds is 4. The van der Waals surface area contributed by atoms with Crippen LogP contribution in [-0.2, 0) is 5.41 Å². The molecule has 0 bridgehead atoms. The zero-order valence-corrected chi connectivity index (χ0v) is 27.4. The lowest BCUT2D eigenvalue weighted by molar-refractivity contribution is 0.660. The van der Waals surface area contributed by atoms with Crippen molar-refractivity contribution < 1.29 is 4.42 Å². The number of para-hydroxylation sites is 1. The minimum atomic E-state index is -0.108. The summed E-state index contributed by atoms with van der Waals surface area (Å²) in [5.41, 5.74) is 12.9. The van der Waals surface area contributed by atoms with Crippen molar-refractivity contribution in [3.63, 3.8) is 0 Å². The number of furan rings is 1. The molecule has 0 unspecified atom stereocenters. The lowest BCUT2D eigenvalue weighted by atomic mass is 9.82. The van der Waals surface area contributed by atoms with Crippen molar-refractivity contribution in [2.75, 3.05) is 4.90 Å². The first kappa shape index (κ1) is 27.9. The second kappa shape index (κ2) is 10.4. The van der Waals surface area contributed by atoms with E-state index in [0.717, 1.165) is 39.0 Å². The van der Waals surface area contributed by atoms with E-state index < -0.39 is 0 Å². The molecule has 1 heterocycles. The summed E-state index contributed by atoms with van der Waals surface area (Å²) in [7, 11) is 0. The SMILES string of the molecule is CC1(C)c2ccccc2-c2ccc(N(c3ccc(-c4ccccc4)cc3)c3cccc4ccc5cc6c(cc5c34)oc3ccccc36)cc21. The highest BCUT2D eigenvalue weighted by Crippen LogP contribution is 2.51. The van der Waals surface area contributed by atoms with E-state index in [2.05, 4.69) is 176 Å². The van der Waals surface area contributed by atoms with Gasteiger partial charge < -0.3 is 9.32 Å². The summed E-state index contributed by atoms with van der Waals surface area (Å²) in [4.78, 5) is 2.44. The van der Waals surface area contributed by atoms with Gasteiger partial charge in [0.25, 0.3) is 0 Å². The first-order valence-corrected chi connectivity index (χ1v) is 17.0. The number of hydrogen-bond acceptors (Lipinski definition) is 2. The number of nitrogens with zero attached hydrogens (tertiary/aromatic N) is 1. The van der Waals surface area contributed by atoms with E-state index in [-0.39, 0.29) is 5.41 Å². The van der Waals surface area contributed by atoms with Crippen molar-refractivity contribution in [3.8, 4) is 22.3 Å². The Morgan fingerprint density at radius 1 is 0.449 bits per heavy atom. The van der Waals surface area contributed by atoms with Gasteiger partial charge in [-0.05, 0) is 98.1 Å². The van der Waals surface area contributed by atoms with Gasteiger partial charge in [0.2, 0.25) is 0 Å². The van der Waals surface area contributed by atoms with Gasteiger partial charge in [0.1, 0.15) is 11.2 Å². The molecular weight excluding hydrogens is 595 g/mol. The van der Waals surface area contributed by atoms with Crippen molar-refractivity contribution in [3.05, 3.63) is 175 Å². The molecule has 0 spiro atoms. The van der Waals surface area contributed by atoms with E-state index in [1.54, 1.807) is 0 Å². The van der Waals surface area contributed by atoms with Crippen LogP contribution < -0.4 is 4.90 Å². The lowest BCUT2D eigenvalue weighted by Crippen LogP contribution is -2.16. The second-order valence-corrected chi connectivity index (χ2v) is 13.8. The van der Waals surface area contributed by atoms with Crippen LogP contribution in [0.3, 0.4) is 0 Å². The molecule has 0 radical (unpaired) electrons. The molecule has 9 aromatic rings. The minimum absolute atomic E-state index is 0.108. The smallest absolute Gasteiger partial charge is 0.136 e. The quantitative estimate of drug-likeness (QED) is 0.181. The molecule has 8 aromatic carbocycles. The van der Waals surface area contributed by atoms with Gasteiger partial charge in [-0.1, -0.05) is 129 Å². The fraction of sp³-hybridized carbons (Fsp3) is 0.0638. The van der Waals surface area contributed by atoms with Gasteiger partial charge in [0.05, 0.1) is 5.69 Å². The van der Waals surface area contributed by atoms with Gasteiger partial charge in [-0.2, -0.15) is 0 Å². The Kier molecular flexibility index (Phi) is 5.95. The van der Waals surface area contributed by atoms with Crippen LogP contribution in [0.5, 0.6) is 0 Å². The molecule has 0 aliphatic heterocycles. The third-order valence-corrected chi connectivity index (χ3v) is 10.6. The maximum atomic E-state index is 6.42. The molecule has 0 atom stereocenters. The fourth-order valence-electron chi connectivity index (χ4n) is 8.19. The summed E-state index contributed by atoms with van der Waals surface area (Å²) in [6, 6.07) is 59.5. The predicted octanol–water partition coefficient (Wildman–Crippen LogP) is 13.3. The van der Waals surface area contributed by atoms with Crippen LogP contribution in [0.25, 0.3) is 65.7 Å². The van der Waals surface area contributed by atoms with Crippen LogP contribution in [0.1, 0.15) is 25.0 Å². The summed E-state index contributed by atoms with van der Waals surface area (Å²) in [6.07, 6.45) is 0. The maximum Gasteiger partial charge on any atom is 0.136 e. The third kappa shape index (κ3) is 4.20. The molecular formula is C47H33NO. The number of benzene rings is 8. The topological polar surface area (TPSA) is 16.4 Å². The second-order valence-electron chi connectivity index (χ2n) is 13.8. The van der Waals surface area contributed by atoms with E-state index in [1.165, 1.54) is 54.9 Å². The highest BCUT2D eigenvalue weighted by molar-refractivity contribution is 6.20. The molecule has 0 fully saturated rings. The van der Waals surface area contributed by atoms with Gasteiger partial charge in [-0.15, -0.1) is 0 Å². The Morgan fingerprint density at radius 2 is 1.16 bits per heavy atom. The summed E-state index contributed by atoms with van der Waals surface area (Å²) in [5, 5.41) is 7.07. The zero-order valence-electron chi connectivity index (χ0n) is 27.4. The van der Waals surface area contributed by atoms with Gasteiger partial charge in [-0.3, -0.25) is 0 Å². The number of anilines is 3. The summed E-state index contributed by atoms with van der Waals surface area (Å²) >= 11 is 0. The van der Waals surface area contributed by atoms with Crippen LogP contribution in [0.4, 0.5) is 17.1 Å². The normalized spacial score (nSPS) is 13.3. The average molecular weight is 628 g/mol. The van der Waals surface area contributed by atoms with Gasteiger partial charge in [-0.25, -0.2) is 0 Å². The Labute approximate surface area is 285 Å². The first-order valence-electron chi connectivity index (χ1n) is 17.0. The van der Waals surface area contributed by atoms with Crippen LogP contribution in [0.15, 0.2) is 168 Å². The molecule has 0 saturated heterocycles. The third-order valence-electron chi connectivity index (χ3n) is 10.6. The van der Waals surface area contributed by atoms with Crippen molar-refractivity contribution in [2.45, 2.75) is 19.3 Å². The molecule has 2 nitrogen and oxygen atoms in total. The van der Waals surface area contributed by atoms with Crippen LogP contribution in [-0.4, -0.2) is 0 Å². The highest BCUT2D eigenvalue weighted by Gasteiger charge is 2.35. The van der Waals surface area contributed by atoms with Gasteiger partial charge in [0.15, 0.2) is 0 Å². The number of hydrogen-bond donors (Lipinski definition) is 0.